The van der Waals surface area contributed by atoms with Crippen LogP contribution in [0.1, 0.15) is 23.4 Å². The van der Waals surface area contributed by atoms with Crippen molar-refractivity contribution in [2.75, 3.05) is 0 Å². The van der Waals surface area contributed by atoms with Crippen molar-refractivity contribution in [1.29, 1.82) is 5.26 Å². The largest absolute Gasteiger partial charge is 0.280 e. The molecule has 14 heavy (non-hydrogen) atoms. The molecular weight excluding hydrogens is 210 g/mol. The molecule has 1 aromatic heterocycles. The Morgan fingerprint density at radius 1 is 1.50 bits per heavy atom. The van der Waals surface area contributed by atoms with Crippen LogP contribution >= 0.6 is 11.6 Å². The lowest BCUT2D eigenvalue weighted by Crippen LogP contribution is -1.99. The molecule has 2 nitrogen and oxygen atoms in total. The minimum absolute atomic E-state index is 0.0393. The van der Waals surface area contributed by atoms with Crippen LogP contribution in [0.3, 0.4) is 0 Å². The first-order valence-corrected chi connectivity index (χ1v) is 4.42. The van der Waals surface area contributed by atoms with Crippen molar-refractivity contribution >= 4 is 11.6 Å². The summed E-state index contributed by atoms with van der Waals surface area (Å²) in [7, 11) is 0. The minimum Gasteiger partial charge on any atom is -0.250 e. The first kappa shape index (κ1) is 10.9. The van der Waals surface area contributed by atoms with Gasteiger partial charge in [-0.1, -0.05) is 6.07 Å². The van der Waals surface area contributed by atoms with Crippen LogP contribution in [-0.4, -0.2) is 4.98 Å². The Morgan fingerprint density at radius 3 is 2.71 bits per heavy atom. The predicted molar refractivity (Wildman–Crippen MR) is 48.1 cm³/mol. The zero-order valence-electron chi connectivity index (χ0n) is 7.17. The van der Waals surface area contributed by atoms with Gasteiger partial charge in [0.05, 0.1) is 24.1 Å². The molecule has 0 amide bonds. The van der Waals surface area contributed by atoms with Gasteiger partial charge in [-0.15, -0.1) is 11.6 Å². The lowest BCUT2D eigenvalue weighted by Gasteiger charge is -2.05. The third kappa shape index (κ3) is 2.39. The standard InChI is InChI=1S/C9H7ClF2N2/c10-5-8-6(3-4-13)1-2-7(14-8)9(11)12/h1-2,9H,3,5H2. The summed E-state index contributed by atoms with van der Waals surface area (Å²) in [6.07, 6.45) is -2.47. The maximum Gasteiger partial charge on any atom is 0.280 e. The third-order valence-corrected chi connectivity index (χ3v) is 1.96. The van der Waals surface area contributed by atoms with E-state index in [2.05, 4.69) is 4.98 Å². The first-order chi connectivity index (χ1) is 6.69. The highest BCUT2D eigenvalue weighted by Gasteiger charge is 2.11. The Labute approximate surface area is 85.1 Å². The number of nitriles is 1. The Kier molecular flexibility index (Phi) is 3.78. The fourth-order valence-electron chi connectivity index (χ4n) is 1.03. The van der Waals surface area contributed by atoms with Crippen molar-refractivity contribution < 1.29 is 8.78 Å². The van der Waals surface area contributed by atoms with Crippen molar-refractivity contribution in [3.63, 3.8) is 0 Å². The fraction of sp³-hybridized carbons (Fsp3) is 0.333. The topological polar surface area (TPSA) is 36.7 Å². The Bertz CT molecular complexity index is 360. The molecule has 0 aromatic carbocycles. The summed E-state index contributed by atoms with van der Waals surface area (Å²) in [4.78, 5) is 3.68. The van der Waals surface area contributed by atoms with Crippen molar-refractivity contribution in [3.8, 4) is 6.07 Å². The number of halogens is 3. The molecule has 0 N–H and O–H groups in total. The molecule has 0 spiro atoms. The Morgan fingerprint density at radius 2 is 2.21 bits per heavy atom. The molecular formula is C9H7ClF2N2. The molecule has 0 aliphatic heterocycles. The van der Waals surface area contributed by atoms with E-state index in [4.69, 9.17) is 16.9 Å². The summed E-state index contributed by atoms with van der Waals surface area (Å²) in [6, 6.07) is 4.60. The van der Waals surface area contributed by atoms with Crippen LogP contribution in [0.15, 0.2) is 12.1 Å². The number of rotatable bonds is 3. The minimum atomic E-state index is -2.60. The van der Waals surface area contributed by atoms with Gasteiger partial charge in [0.25, 0.3) is 6.43 Å². The normalized spacial score (nSPS) is 10.2. The van der Waals surface area contributed by atoms with E-state index in [9.17, 15) is 8.78 Å². The lowest BCUT2D eigenvalue weighted by molar-refractivity contribution is 0.146. The number of hydrogen-bond acceptors (Lipinski definition) is 2. The molecule has 74 valence electrons. The average Bonchev–Trinajstić information content (AvgIpc) is 2.18. The van der Waals surface area contributed by atoms with E-state index in [1.54, 1.807) is 0 Å². The van der Waals surface area contributed by atoms with Gasteiger partial charge >= 0.3 is 0 Å². The highest BCUT2D eigenvalue weighted by Crippen LogP contribution is 2.19. The first-order valence-electron chi connectivity index (χ1n) is 3.88. The molecule has 0 aliphatic carbocycles. The zero-order valence-corrected chi connectivity index (χ0v) is 7.93. The van der Waals surface area contributed by atoms with Crippen LogP contribution in [-0.2, 0) is 12.3 Å². The van der Waals surface area contributed by atoms with Gasteiger partial charge in [-0.05, 0) is 11.6 Å². The number of aromatic nitrogens is 1. The number of alkyl halides is 3. The Balaban J connectivity index is 3.06. The molecule has 0 radical (unpaired) electrons. The summed E-state index contributed by atoms with van der Waals surface area (Å²) in [5.74, 6) is 0.0393. The van der Waals surface area contributed by atoms with Gasteiger partial charge in [0.2, 0.25) is 0 Å². The molecule has 1 rings (SSSR count). The van der Waals surface area contributed by atoms with E-state index in [1.807, 2.05) is 6.07 Å². The predicted octanol–water partition coefficient (Wildman–Crippen LogP) is 2.82. The molecule has 5 heteroatoms. The molecule has 0 saturated heterocycles. The van der Waals surface area contributed by atoms with Crippen LogP contribution in [0.25, 0.3) is 0 Å². The monoisotopic (exact) mass is 216 g/mol. The highest BCUT2D eigenvalue weighted by molar-refractivity contribution is 6.17. The highest BCUT2D eigenvalue weighted by atomic mass is 35.5. The van der Waals surface area contributed by atoms with Gasteiger partial charge in [-0.25, -0.2) is 8.78 Å². The lowest BCUT2D eigenvalue weighted by atomic mass is 10.1. The summed E-state index contributed by atoms with van der Waals surface area (Å²) >= 11 is 5.53. The van der Waals surface area contributed by atoms with Crippen molar-refractivity contribution in [2.24, 2.45) is 0 Å². The molecule has 0 unspecified atom stereocenters. The van der Waals surface area contributed by atoms with Crippen LogP contribution in [0.5, 0.6) is 0 Å². The van der Waals surface area contributed by atoms with Gasteiger partial charge in [0.15, 0.2) is 0 Å². The van der Waals surface area contributed by atoms with E-state index in [1.165, 1.54) is 12.1 Å². The van der Waals surface area contributed by atoms with E-state index >= 15 is 0 Å². The zero-order chi connectivity index (χ0) is 10.6. The fourth-order valence-corrected chi connectivity index (χ4v) is 1.26. The Hall–Kier alpha value is -1.21. The number of hydrogen-bond donors (Lipinski definition) is 0. The van der Waals surface area contributed by atoms with E-state index in [-0.39, 0.29) is 18.0 Å². The molecule has 1 aromatic rings. The molecule has 0 saturated carbocycles. The quantitative estimate of drug-likeness (QED) is 0.729. The molecule has 0 aliphatic rings. The van der Waals surface area contributed by atoms with E-state index in [0.29, 0.717) is 11.3 Å². The van der Waals surface area contributed by atoms with Crippen molar-refractivity contribution in [1.82, 2.24) is 4.98 Å². The van der Waals surface area contributed by atoms with Gasteiger partial charge < -0.3 is 0 Å². The maximum absolute atomic E-state index is 12.2. The number of pyridine rings is 1. The maximum atomic E-state index is 12.2. The second kappa shape index (κ2) is 4.87. The SMILES string of the molecule is N#CCc1ccc(C(F)F)nc1CCl. The smallest absolute Gasteiger partial charge is 0.250 e. The second-order valence-electron chi connectivity index (χ2n) is 2.61. The van der Waals surface area contributed by atoms with Crippen molar-refractivity contribution in [3.05, 3.63) is 29.1 Å². The van der Waals surface area contributed by atoms with Crippen LogP contribution in [0.4, 0.5) is 8.78 Å². The summed E-state index contributed by atoms with van der Waals surface area (Å²) < 4.78 is 24.5. The van der Waals surface area contributed by atoms with Gasteiger partial charge in [0.1, 0.15) is 5.69 Å². The summed E-state index contributed by atoms with van der Waals surface area (Å²) in [5, 5.41) is 8.45. The van der Waals surface area contributed by atoms with Gasteiger partial charge in [-0.2, -0.15) is 5.26 Å². The molecule has 1 heterocycles. The van der Waals surface area contributed by atoms with E-state index in [0.717, 1.165) is 0 Å². The number of nitrogens with zero attached hydrogens (tertiary/aromatic N) is 2. The van der Waals surface area contributed by atoms with Crippen LogP contribution in [0, 0.1) is 11.3 Å². The molecule has 0 atom stereocenters. The third-order valence-electron chi connectivity index (χ3n) is 1.71. The van der Waals surface area contributed by atoms with Gasteiger partial charge in [-0.3, -0.25) is 4.98 Å². The molecule has 0 fully saturated rings. The van der Waals surface area contributed by atoms with Crippen LogP contribution < -0.4 is 0 Å². The van der Waals surface area contributed by atoms with Gasteiger partial charge in [0, 0.05) is 0 Å². The summed E-state index contributed by atoms with van der Waals surface area (Å²) in [5.41, 5.74) is 0.653. The second-order valence-corrected chi connectivity index (χ2v) is 2.88. The average molecular weight is 217 g/mol. The van der Waals surface area contributed by atoms with Crippen molar-refractivity contribution in [2.45, 2.75) is 18.7 Å². The van der Waals surface area contributed by atoms with Crippen LogP contribution in [0.2, 0.25) is 0 Å². The van der Waals surface area contributed by atoms with E-state index < -0.39 is 6.43 Å². The summed E-state index contributed by atoms with van der Waals surface area (Å²) in [6.45, 7) is 0. The molecule has 0 bridgehead atoms.